The second kappa shape index (κ2) is 14.9. The van der Waals surface area contributed by atoms with E-state index in [1.54, 1.807) is 30.3 Å². The summed E-state index contributed by atoms with van der Waals surface area (Å²) in [4.78, 5) is 29.6. The van der Waals surface area contributed by atoms with E-state index in [2.05, 4.69) is 5.32 Å². The van der Waals surface area contributed by atoms with Gasteiger partial charge in [0, 0.05) is 19.0 Å². The van der Waals surface area contributed by atoms with Crippen LogP contribution in [-0.4, -0.2) is 50.9 Å². The van der Waals surface area contributed by atoms with Crippen LogP contribution in [-0.2, 0) is 32.6 Å². The number of nitrogens with one attached hydrogen (secondary N) is 1. The van der Waals surface area contributed by atoms with Crippen molar-refractivity contribution in [3.05, 3.63) is 126 Å². The van der Waals surface area contributed by atoms with Crippen LogP contribution in [0.3, 0.4) is 0 Å². The number of methoxy groups -OCH3 is 1. The largest absolute Gasteiger partial charge is 0.497 e. The van der Waals surface area contributed by atoms with Gasteiger partial charge in [-0.1, -0.05) is 60.2 Å². The van der Waals surface area contributed by atoms with Gasteiger partial charge in [0.15, 0.2) is 0 Å². The topological polar surface area (TPSA) is 96.0 Å². The monoisotopic (exact) mass is 631 g/mol. The van der Waals surface area contributed by atoms with Crippen molar-refractivity contribution in [3.63, 3.8) is 0 Å². The van der Waals surface area contributed by atoms with E-state index in [4.69, 9.17) is 4.74 Å². The third-order valence-electron chi connectivity index (χ3n) is 7.19. The molecule has 45 heavy (non-hydrogen) atoms. The minimum Gasteiger partial charge on any atom is -0.497 e. The van der Waals surface area contributed by atoms with Crippen molar-refractivity contribution < 1.29 is 27.1 Å². The highest BCUT2D eigenvalue weighted by Crippen LogP contribution is 2.26. The molecule has 236 valence electrons. The number of hydrogen-bond acceptors (Lipinski definition) is 5. The number of aryl methyl sites for hydroxylation is 1. The van der Waals surface area contributed by atoms with Crippen molar-refractivity contribution in [2.24, 2.45) is 0 Å². The molecule has 0 bridgehead atoms. The standard InChI is InChI=1S/C35H38FN3O5S/c1-25(2)37-35(41)33(22-27-9-6-5-7-10-27)38(23-28-11-8-12-31(21-28)44-4)34(40)24-39(30-17-15-29(36)16-18-30)45(42,43)32-19-13-26(3)14-20-32/h5-21,25,33H,22-24H2,1-4H3,(H,37,41)/t33-/m0/s1. The maximum Gasteiger partial charge on any atom is 0.264 e. The molecule has 0 aliphatic rings. The Kier molecular flexibility index (Phi) is 11.0. The van der Waals surface area contributed by atoms with E-state index in [1.165, 1.54) is 36.3 Å². The number of ether oxygens (including phenoxy) is 1. The molecular formula is C35H38FN3O5S. The molecule has 0 saturated carbocycles. The highest BCUT2D eigenvalue weighted by Gasteiger charge is 2.35. The molecule has 0 saturated heterocycles. The van der Waals surface area contributed by atoms with Gasteiger partial charge in [-0.05, 0) is 80.4 Å². The summed E-state index contributed by atoms with van der Waals surface area (Å²) >= 11 is 0. The number of sulfonamides is 1. The molecule has 0 aliphatic heterocycles. The Morgan fingerprint density at radius 1 is 0.867 bits per heavy atom. The smallest absolute Gasteiger partial charge is 0.264 e. The Morgan fingerprint density at radius 3 is 2.13 bits per heavy atom. The van der Waals surface area contributed by atoms with Crippen molar-refractivity contribution in [1.29, 1.82) is 0 Å². The first-order chi connectivity index (χ1) is 21.5. The van der Waals surface area contributed by atoms with E-state index in [9.17, 15) is 22.4 Å². The molecule has 1 N–H and O–H groups in total. The number of carbonyl (C=O) groups is 2. The van der Waals surface area contributed by atoms with E-state index in [0.29, 0.717) is 11.3 Å². The number of anilines is 1. The summed E-state index contributed by atoms with van der Waals surface area (Å²) in [7, 11) is -2.74. The van der Waals surface area contributed by atoms with Crippen LogP contribution in [0.25, 0.3) is 0 Å². The Bertz CT molecular complexity index is 1700. The number of carbonyl (C=O) groups excluding carboxylic acids is 2. The number of nitrogens with zero attached hydrogens (tertiary/aromatic N) is 2. The predicted octanol–water partition coefficient (Wildman–Crippen LogP) is 5.50. The second-order valence-electron chi connectivity index (χ2n) is 11.0. The number of hydrogen-bond donors (Lipinski definition) is 1. The van der Waals surface area contributed by atoms with E-state index in [1.807, 2.05) is 57.2 Å². The molecule has 10 heteroatoms. The summed E-state index contributed by atoms with van der Waals surface area (Å²) in [6.07, 6.45) is 0.191. The van der Waals surface area contributed by atoms with Gasteiger partial charge >= 0.3 is 0 Å². The zero-order valence-corrected chi connectivity index (χ0v) is 26.6. The highest BCUT2D eigenvalue weighted by atomic mass is 32.2. The first kappa shape index (κ1) is 33.2. The fourth-order valence-electron chi connectivity index (χ4n) is 4.88. The Morgan fingerprint density at radius 2 is 1.51 bits per heavy atom. The molecule has 1 atom stereocenters. The molecule has 2 amide bonds. The molecule has 0 unspecified atom stereocenters. The highest BCUT2D eigenvalue weighted by molar-refractivity contribution is 7.92. The van der Waals surface area contributed by atoms with Gasteiger partial charge in [0.1, 0.15) is 24.2 Å². The lowest BCUT2D eigenvalue weighted by molar-refractivity contribution is -0.140. The molecule has 4 aromatic carbocycles. The van der Waals surface area contributed by atoms with Crippen molar-refractivity contribution in [2.75, 3.05) is 18.0 Å². The van der Waals surface area contributed by atoms with Gasteiger partial charge in [-0.25, -0.2) is 12.8 Å². The minimum atomic E-state index is -4.28. The third-order valence-corrected chi connectivity index (χ3v) is 8.98. The fourth-order valence-corrected chi connectivity index (χ4v) is 6.29. The normalized spacial score (nSPS) is 12.0. The summed E-state index contributed by atoms with van der Waals surface area (Å²) in [5, 5.41) is 2.93. The maximum atomic E-state index is 14.4. The van der Waals surface area contributed by atoms with E-state index >= 15 is 0 Å². The molecule has 0 heterocycles. The molecule has 4 aromatic rings. The van der Waals surface area contributed by atoms with Crippen LogP contribution >= 0.6 is 0 Å². The van der Waals surface area contributed by atoms with Crippen LogP contribution in [0.1, 0.15) is 30.5 Å². The SMILES string of the molecule is COc1cccc(CN(C(=O)CN(c2ccc(F)cc2)S(=O)(=O)c2ccc(C)cc2)[C@@H](Cc2ccccc2)C(=O)NC(C)C)c1. The van der Waals surface area contributed by atoms with Crippen molar-refractivity contribution in [2.45, 2.75) is 50.7 Å². The second-order valence-corrected chi connectivity index (χ2v) is 12.9. The van der Waals surface area contributed by atoms with Gasteiger partial charge in [-0.2, -0.15) is 0 Å². The number of rotatable bonds is 13. The van der Waals surface area contributed by atoms with Gasteiger partial charge < -0.3 is 15.0 Å². The van der Waals surface area contributed by atoms with E-state index < -0.39 is 34.3 Å². The van der Waals surface area contributed by atoms with Crippen molar-refractivity contribution in [1.82, 2.24) is 10.2 Å². The van der Waals surface area contributed by atoms with Crippen LogP contribution in [0.4, 0.5) is 10.1 Å². The lowest BCUT2D eigenvalue weighted by Gasteiger charge is -2.34. The van der Waals surface area contributed by atoms with Gasteiger partial charge in [0.2, 0.25) is 11.8 Å². The summed E-state index contributed by atoms with van der Waals surface area (Å²) in [5.74, 6) is -0.968. The van der Waals surface area contributed by atoms with E-state index in [-0.39, 0.29) is 35.5 Å². The predicted molar refractivity (Wildman–Crippen MR) is 173 cm³/mol. The number of benzene rings is 4. The zero-order valence-electron chi connectivity index (χ0n) is 25.8. The maximum absolute atomic E-state index is 14.4. The molecule has 0 aliphatic carbocycles. The van der Waals surface area contributed by atoms with Crippen LogP contribution in [0.5, 0.6) is 5.75 Å². The molecule has 0 spiro atoms. The average molecular weight is 632 g/mol. The fraction of sp³-hybridized carbons (Fsp3) is 0.257. The molecule has 0 radical (unpaired) electrons. The Labute approximate surface area is 264 Å². The quantitative estimate of drug-likeness (QED) is 0.210. The minimum absolute atomic E-state index is 0.000879. The van der Waals surface area contributed by atoms with Gasteiger partial charge in [0.25, 0.3) is 10.0 Å². The first-order valence-corrected chi connectivity index (χ1v) is 16.0. The van der Waals surface area contributed by atoms with E-state index in [0.717, 1.165) is 27.6 Å². The van der Waals surface area contributed by atoms with Crippen molar-refractivity contribution in [3.8, 4) is 5.75 Å². The molecule has 0 fully saturated rings. The Balaban J connectivity index is 1.81. The molecule has 8 nitrogen and oxygen atoms in total. The zero-order chi connectivity index (χ0) is 32.6. The first-order valence-electron chi connectivity index (χ1n) is 14.6. The molecular weight excluding hydrogens is 593 g/mol. The number of amides is 2. The summed E-state index contributed by atoms with van der Waals surface area (Å²) in [5.41, 5.74) is 2.49. The van der Waals surface area contributed by atoms with Gasteiger partial charge in [-0.3, -0.25) is 13.9 Å². The lowest BCUT2D eigenvalue weighted by Crippen LogP contribution is -2.54. The van der Waals surface area contributed by atoms with Crippen LogP contribution in [0.15, 0.2) is 108 Å². The lowest BCUT2D eigenvalue weighted by atomic mass is 10.0. The van der Waals surface area contributed by atoms with Gasteiger partial charge in [-0.15, -0.1) is 0 Å². The summed E-state index contributed by atoms with van der Waals surface area (Å²) < 4.78 is 48.3. The Hall–Kier alpha value is -4.70. The van der Waals surface area contributed by atoms with Crippen LogP contribution in [0.2, 0.25) is 0 Å². The number of halogens is 1. The average Bonchev–Trinajstić information content (AvgIpc) is 3.02. The third kappa shape index (κ3) is 8.69. The summed E-state index contributed by atoms with van der Waals surface area (Å²) in [6.45, 7) is 4.86. The summed E-state index contributed by atoms with van der Waals surface area (Å²) in [6, 6.07) is 26.4. The van der Waals surface area contributed by atoms with Crippen molar-refractivity contribution >= 4 is 27.5 Å². The van der Waals surface area contributed by atoms with Crippen LogP contribution in [0, 0.1) is 12.7 Å². The molecule has 4 rings (SSSR count). The van der Waals surface area contributed by atoms with Gasteiger partial charge in [0.05, 0.1) is 17.7 Å². The van der Waals surface area contributed by atoms with Crippen LogP contribution < -0.4 is 14.4 Å². The molecule has 0 aromatic heterocycles.